The molecule has 17 heavy (non-hydrogen) atoms. The van der Waals surface area contributed by atoms with Crippen LogP contribution in [0.3, 0.4) is 0 Å². The van der Waals surface area contributed by atoms with Crippen LogP contribution in [0.25, 0.3) is 0 Å². The van der Waals surface area contributed by atoms with Crippen molar-refractivity contribution in [2.45, 2.75) is 6.10 Å². The van der Waals surface area contributed by atoms with Gasteiger partial charge in [0.15, 0.2) is 6.10 Å². The predicted molar refractivity (Wildman–Crippen MR) is 64.8 cm³/mol. The Morgan fingerprint density at radius 1 is 1.06 bits per heavy atom. The van der Waals surface area contributed by atoms with Crippen LogP contribution in [0.15, 0.2) is 30.3 Å². The number of carboxylic acids is 1. The molecule has 1 fully saturated rings. The molecule has 1 aromatic carbocycles. The first-order valence-corrected chi connectivity index (χ1v) is 5.59. The molecule has 0 bridgehead atoms. The highest BCUT2D eigenvalue weighted by molar-refractivity contribution is 5.73. The summed E-state index contributed by atoms with van der Waals surface area (Å²) in [5, 5.41) is 23.8. The maximum absolute atomic E-state index is 10.2. The van der Waals surface area contributed by atoms with Crippen molar-refractivity contribution in [2.75, 3.05) is 26.2 Å². The number of rotatable bonds is 2. The maximum atomic E-state index is 10.2. The lowest BCUT2D eigenvalue weighted by Crippen LogP contribution is -2.39. The third kappa shape index (κ3) is 5.44. The fourth-order valence-electron chi connectivity index (χ4n) is 1.38. The van der Waals surface area contributed by atoms with Gasteiger partial charge in [-0.05, 0) is 5.56 Å². The van der Waals surface area contributed by atoms with Crippen molar-refractivity contribution in [3.8, 4) is 0 Å². The largest absolute Gasteiger partial charge is 0.479 e. The number of benzene rings is 1. The van der Waals surface area contributed by atoms with Crippen LogP contribution in [0.4, 0.5) is 0 Å². The number of carbonyl (C=O) groups is 1. The number of piperazine rings is 1. The number of nitrogens with one attached hydrogen (secondary N) is 2. The average Bonchev–Trinajstić information content (AvgIpc) is 2.41. The summed E-state index contributed by atoms with van der Waals surface area (Å²) in [7, 11) is 0. The van der Waals surface area contributed by atoms with E-state index in [4.69, 9.17) is 10.2 Å². The predicted octanol–water partition coefficient (Wildman–Crippen LogP) is -0.0162. The molecule has 5 nitrogen and oxygen atoms in total. The van der Waals surface area contributed by atoms with Crippen LogP contribution in [0.1, 0.15) is 11.7 Å². The van der Waals surface area contributed by atoms with Gasteiger partial charge in [0.1, 0.15) is 0 Å². The Hall–Kier alpha value is -1.43. The minimum absolute atomic E-state index is 0.403. The van der Waals surface area contributed by atoms with E-state index in [9.17, 15) is 4.79 Å². The van der Waals surface area contributed by atoms with Crippen LogP contribution in [0.2, 0.25) is 0 Å². The SMILES string of the molecule is C1CNCCN1.O=C(O)C(O)c1ccccc1. The van der Waals surface area contributed by atoms with E-state index >= 15 is 0 Å². The Morgan fingerprint density at radius 3 is 1.88 bits per heavy atom. The summed E-state index contributed by atoms with van der Waals surface area (Å²) < 4.78 is 0. The monoisotopic (exact) mass is 238 g/mol. The number of aliphatic carboxylic acids is 1. The molecule has 1 saturated heterocycles. The van der Waals surface area contributed by atoms with Crippen molar-refractivity contribution in [3.05, 3.63) is 35.9 Å². The number of hydrogen-bond acceptors (Lipinski definition) is 4. The number of aliphatic hydroxyl groups excluding tert-OH is 1. The molecule has 1 aliphatic heterocycles. The number of aliphatic hydroxyl groups is 1. The van der Waals surface area contributed by atoms with Gasteiger partial charge in [-0.25, -0.2) is 4.79 Å². The molecule has 0 amide bonds. The third-order valence-corrected chi connectivity index (χ3v) is 2.31. The zero-order chi connectivity index (χ0) is 12.5. The molecule has 2 rings (SSSR count). The second-order valence-corrected chi connectivity index (χ2v) is 3.65. The van der Waals surface area contributed by atoms with Crippen LogP contribution < -0.4 is 10.6 Å². The molecule has 5 heteroatoms. The fourth-order valence-corrected chi connectivity index (χ4v) is 1.38. The molecule has 0 aromatic heterocycles. The summed E-state index contributed by atoms with van der Waals surface area (Å²) in [5.41, 5.74) is 0.403. The Balaban J connectivity index is 0.000000202. The summed E-state index contributed by atoms with van der Waals surface area (Å²) in [5.74, 6) is -1.23. The van der Waals surface area contributed by atoms with Gasteiger partial charge in [-0.3, -0.25) is 0 Å². The molecule has 1 aromatic rings. The van der Waals surface area contributed by atoms with E-state index in [1.54, 1.807) is 30.3 Å². The van der Waals surface area contributed by atoms with E-state index < -0.39 is 12.1 Å². The molecule has 1 atom stereocenters. The highest BCUT2D eigenvalue weighted by Gasteiger charge is 2.14. The smallest absolute Gasteiger partial charge is 0.337 e. The first kappa shape index (κ1) is 13.6. The molecule has 0 saturated carbocycles. The molecule has 0 aliphatic carbocycles. The topological polar surface area (TPSA) is 81.6 Å². The minimum Gasteiger partial charge on any atom is -0.479 e. The van der Waals surface area contributed by atoms with Gasteiger partial charge >= 0.3 is 5.97 Å². The Bertz CT molecular complexity index is 314. The highest BCUT2D eigenvalue weighted by atomic mass is 16.4. The molecule has 1 heterocycles. The number of hydrogen-bond donors (Lipinski definition) is 4. The lowest BCUT2D eigenvalue weighted by atomic mass is 10.1. The van der Waals surface area contributed by atoms with Crippen LogP contribution >= 0.6 is 0 Å². The summed E-state index contributed by atoms with van der Waals surface area (Å²) >= 11 is 0. The lowest BCUT2D eigenvalue weighted by molar-refractivity contribution is -0.146. The van der Waals surface area contributed by atoms with Gasteiger partial charge in [0.25, 0.3) is 0 Å². The Morgan fingerprint density at radius 2 is 1.53 bits per heavy atom. The maximum Gasteiger partial charge on any atom is 0.337 e. The molecule has 0 radical (unpaired) electrons. The molecular weight excluding hydrogens is 220 g/mol. The van der Waals surface area contributed by atoms with E-state index in [1.165, 1.54) is 0 Å². The van der Waals surface area contributed by atoms with Gasteiger partial charge in [-0.1, -0.05) is 30.3 Å². The van der Waals surface area contributed by atoms with E-state index in [0.717, 1.165) is 26.2 Å². The Labute approximate surface area is 100 Å². The Kier molecular flexibility index (Phi) is 6.24. The summed E-state index contributed by atoms with van der Waals surface area (Å²) in [6.07, 6.45) is -1.41. The van der Waals surface area contributed by atoms with Crippen molar-refractivity contribution in [3.63, 3.8) is 0 Å². The normalized spacial score (nSPS) is 16.5. The fraction of sp³-hybridized carbons (Fsp3) is 0.417. The van der Waals surface area contributed by atoms with Crippen LogP contribution in [0.5, 0.6) is 0 Å². The molecule has 1 aliphatic rings. The van der Waals surface area contributed by atoms with Crippen molar-refractivity contribution in [1.29, 1.82) is 0 Å². The summed E-state index contributed by atoms with van der Waals surface area (Å²) in [4.78, 5) is 10.2. The summed E-state index contributed by atoms with van der Waals surface area (Å²) in [6.45, 7) is 4.56. The van der Waals surface area contributed by atoms with Gasteiger partial charge in [0.05, 0.1) is 0 Å². The van der Waals surface area contributed by atoms with E-state index in [0.29, 0.717) is 5.56 Å². The highest BCUT2D eigenvalue weighted by Crippen LogP contribution is 2.10. The zero-order valence-corrected chi connectivity index (χ0v) is 9.60. The van der Waals surface area contributed by atoms with E-state index in [-0.39, 0.29) is 0 Å². The van der Waals surface area contributed by atoms with Crippen molar-refractivity contribution < 1.29 is 15.0 Å². The van der Waals surface area contributed by atoms with Gasteiger partial charge < -0.3 is 20.8 Å². The second-order valence-electron chi connectivity index (χ2n) is 3.65. The summed E-state index contributed by atoms with van der Waals surface area (Å²) in [6, 6.07) is 8.26. The van der Waals surface area contributed by atoms with E-state index in [2.05, 4.69) is 10.6 Å². The molecule has 1 unspecified atom stereocenters. The van der Waals surface area contributed by atoms with Crippen molar-refractivity contribution >= 4 is 5.97 Å². The van der Waals surface area contributed by atoms with Crippen molar-refractivity contribution in [2.24, 2.45) is 0 Å². The standard InChI is InChI=1S/C8H8O3.C4H10N2/c9-7(8(10)11)6-4-2-1-3-5-6;1-2-6-4-3-5-1/h1-5,7,9H,(H,10,11);5-6H,1-4H2. The van der Waals surface area contributed by atoms with Crippen molar-refractivity contribution in [1.82, 2.24) is 10.6 Å². The molecule has 4 N–H and O–H groups in total. The van der Waals surface area contributed by atoms with Gasteiger partial charge in [0, 0.05) is 26.2 Å². The van der Waals surface area contributed by atoms with Crippen LogP contribution in [0, 0.1) is 0 Å². The van der Waals surface area contributed by atoms with Crippen LogP contribution in [-0.2, 0) is 4.79 Å². The minimum atomic E-state index is -1.41. The molecular formula is C12H18N2O3. The van der Waals surface area contributed by atoms with Gasteiger partial charge in [-0.15, -0.1) is 0 Å². The van der Waals surface area contributed by atoms with Crippen LogP contribution in [-0.4, -0.2) is 42.4 Å². The number of carboxylic acid groups (broad SMARTS) is 1. The lowest BCUT2D eigenvalue weighted by Gasteiger charge is -2.11. The molecule has 94 valence electrons. The van der Waals surface area contributed by atoms with E-state index in [1.807, 2.05) is 0 Å². The molecule has 0 spiro atoms. The first-order chi connectivity index (χ1) is 8.22. The van der Waals surface area contributed by atoms with Gasteiger partial charge in [0.2, 0.25) is 0 Å². The zero-order valence-electron chi connectivity index (χ0n) is 9.60. The quantitative estimate of drug-likeness (QED) is 0.582. The average molecular weight is 238 g/mol. The first-order valence-electron chi connectivity index (χ1n) is 5.59. The third-order valence-electron chi connectivity index (χ3n) is 2.31. The van der Waals surface area contributed by atoms with Gasteiger partial charge in [-0.2, -0.15) is 0 Å². The second kappa shape index (κ2) is 7.78.